The van der Waals surface area contributed by atoms with Gasteiger partial charge >= 0.3 is 6.18 Å². The molecule has 27 heavy (non-hydrogen) atoms. The second kappa shape index (κ2) is 6.90. The van der Waals surface area contributed by atoms with Crippen molar-refractivity contribution < 1.29 is 22.4 Å². The molecule has 6 nitrogen and oxygen atoms in total. The molecule has 0 atom stereocenters. The SMILES string of the molecule is Cc1oc2ncn(CCC(=O)Nc3cccc(C(F)(F)F)c3)c(=O)c2c1C. The lowest BCUT2D eigenvalue weighted by Gasteiger charge is -2.10. The smallest absolute Gasteiger partial charge is 0.416 e. The van der Waals surface area contributed by atoms with Crippen molar-refractivity contribution in [2.45, 2.75) is 33.0 Å². The molecule has 0 aliphatic rings. The number of nitrogens with zero attached hydrogens (tertiary/aromatic N) is 2. The Morgan fingerprint density at radius 2 is 2.04 bits per heavy atom. The predicted octanol–water partition coefficient (Wildman–Crippen LogP) is 3.65. The number of halogens is 3. The van der Waals surface area contributed by atoms with Crippen molar-refractivity contribution in [3.8, 4) is 0 Å². The number of carbonyl (C=O) groups is 1. The van der Waals surface area contributed by atoms with Crippen LogP contribution in [0.4, 0.5) is 18.9 Å². The topological polar surface area (TPSA) is 77.1 Å². The molecular formula is C18H16F3N3O3. The summed E-state index contributed by atoms with van der Waals surface area (Å²) in [6, 6.07) is 4.36. The molecule has 2 aromatic heterocycles. The van der Waals surface area contributed by atoms with Crippen LogP contribution >= 0.6 is 0 Å². The summed E-state index contributed by atoms with van der Waals surface area (Å²) in [5, 5.41) is 2.76. The van der Waals surface area contributed by atoms with Gasteiger partial charge in [0.1, 0.15) is 17.5 Å². The van der Waals surface area contributed by atoms with E-state index in [0.717, 1.165) is 12.1 Å². The van der Waals surface area contributed by atoms with E-state index in [2.05, 4.69) is 10.3 Å². The number of hydrogen-bond donors (Lipinski definition) is 1. The van der Waals surface area contributed by atoms with Crippen molar-refractivity contribution in [1.82, 2.24) is 9.55 Å². The van der Waals surface area contributed by atoms with Gasteiger partial charge in [0.15, 0.2) is 0 Å². The number of alkyl halides is 3. The molecule has 142 valence electrons. The van der Waals surface area contributed by atoms with Gasteiger partial charge in [-0.15, -0.1) is 0 Å². The van der Waals surface area contributed by atoms with E-state index in [1.165, 1.54) is 23.0 Å². The fourth-order valence-corrected chi connectivity index (χ4v) is 2.65. The standard InChI is InChI=1S/C18H16F3N3O3/c1-10-11(2)27-16-15(10)17(26)24(9-22-16)7-6-14(25)23-13-5-3-4-12(8-13)18(19,20)21/h3-5,8-9H,6-7H2,1-2H3,(H,23,25). The molecule has 0 spiro atoms. The molecule has 0 saturated heterocycles. The lowest BCUT2D eigenvalue weighted by atomic mass is 10.2. The Balaban J connectivity index is 1.71. The van der Waals surface area contributed by atoms with Crippen molar-refractivity contribution in [1.29, 1.82) is 0 Å². The predicted molar refractivity (Wildman–Crippen MR) is 92.4 cm³/mol. The number of benzene rings is 1. The van der Waals surface area contributed by atoms with Gasteiger partial charge in [-0.25, -0.2) is 4.98 Å². The quantitative estimate of drug-likeness (QED) is 0.751. The number of rotatable bonds is 4. The maximum Gasteiger partial charge on any atom is 0.416 e. The normalized spacial score (nSPS) is 11.7. The van der Waals surface area contributed by atoms with Gasteiger partial charge in [-0.1, -0.05) is 6.07 Å². The minimum atomic E-state index is -4.49. The molecule has 0 aliphatic heterocycles. The molecule has 0 unspecified atom stereocenters. The Morgan fingerprint density at radius 1 is 1.30 bits per heavy atom. The fraction of sp³-hybridized carbons (Fsp3) is 0.278. The monoisotopic (exact) mass is 379 g/mol. The molecule has 9 heteroatoms. The lowest BCUT2D eigenvalue weighted by Crippen LogP contribution is -2.23. The van der Waals surface area contributed by atoms with Gasteiger partial charge in [-0.2, -0.15) is 13.2 Å². The van der Waals surface area contributed by atoms with E-state index in [9.17, 15) is 22.8 Å². The number of hydrogen-bond acceptors (Lipinski definition) is 4. The summed E-state index contributed by atoms with van der Waals surface area (Å²) >= 11 is 0. The third-order valence-electron chi connectivity index (χ3n) is 4.21. The Kier molecular flexibility index (Phi) is 4.77. The molecule has 0 fully saturated rings. The van der Waals surface area contributed by atoms with Crippen LogP contribution in [-0.4, -0.2) is 15.5 Å². The van der Waals surface area contributed by atoms with E-state index >= 15 is 0 Å². The Morgan fingerprint density at radius 3 is 2.74 bits per heavy atom. The summed E-state index contributed by atoms with van der Waals surface area (Å²) < 4.78 is 44.8. The maximum atomic E-state index is 12.7. The molecule has 1 N–H and O–H groups in total. The molecule has 3 aromatic rings. The van der Waals surface area contributed by atoms with E-state index in [0.29, 0.717) is 16.7 Å². The van der Waals surface area contributed by atoms with Gasteiger partial charge in [-0.3, -0.25) is 14.2 Å². The highest BCUT2D eigenvalue weighted by Gasteiger charge is 2.30. The number of amides is 1. The first kappa shape index (κ1) is 18.7. The molecule has 0 aliphatic carbocycles. The van der Waals surface area contributed by atoms with Crippen molar-refractivity contribution >= 4 is 22.7 Å². The van der Waals surface area contributed by atoms with Crippen LogP contribution in [0, 0.1) is 13.8 Å². The van der Waals surface area contributed by atoms with Crippen LogP contribution in [0.25, 0.3) is 11.1 Å². The number of anilines is 1. The zero-order valence-corrected chi connectivity index (χ0v) is 14.6. The van der Waals surface area contributed by atoms with Gasteiger partial charge in [0.05, 0.1) is 5.56 Å². The Labute approximate surface area is 151 Å². The highest BCUT2D eigenvalue weighted by atomic mass is 19.4. The molecule has 3 rings (SSSR count). The minimum Gasteiger partial charge on any atom is -0.443 e. The number of fused-ring (bicyclic) bond motifs is 1. The van der Waals surface area contributed by atoms with Crippen molar-refractivity contribution in [3.05, 3.63) is 57.8 Å². The molecule has 1 amide bonds. The van der Waals surface area contributed by atoms with Gasteiger partial charge in [0.2, 0.25) is 11.6 Å². The van der Waals surface area contributed by atoms with Crippen LogP contribution in [0.1, 0.15) is 23.3 Å². The fourth-order valence-electron chi connectivity index (χ4n) is 2.65. The Hall–Kier alpha value is -3.10. The zero-order chi connectivity index (χ0) is 19.8. The van der Waals surface area contributed by atoms with Crippen LogP contribution in [0.2, 0.25) is 0 Å². The van der Waals surface area contributed by atoms with Crippen molar-refractivity contribution in [2.75, 3.05) is 5.32 Å². The Bertz CT molecular complexity index is 1070. The first-order valence-corrected chi connectivity index (χ1v) is 8.09. The zero-order valence-electron chi connectivity index (χ0n) is 14.6. The van der Waals surface area contributed by atoms with E-state index < -0.39 is 17.6 Å². The molecule has 2 heterocycles. The van der Waals surface area contributed by atoms with Crippen LogP contribution in [0.5, 0.6) is 0 Å². The first-order valence-electron chi connectivity index (χ1n) is 8.09. The van der Waals surface area contributed by atoms with E-state index in [4.69, 9.17) is 4.42 Å². The minimum absolute atomic E-state index is 0.0379. The van der Waals surface area contributed by atoms with Gasteiger partial charge in [0.25, 0.3) is 5.56 Å². The van der Waals surface area contributed by atoms with E-state index in [1.807, 2.05) is 0 Å². The van der Waals surface area contributed by atoms with Gasteiger partial charge < -0.3 is 9.73 Å². The number of furan rings is 1. The summed E-state index contributed by atoms with van der Waals surface area (Å²) in [5.41, 5.74) is -0.222. The average Bonchev–Trinajstić information content (AvgIpc) is 2.89. The van der Waals surface area contributed by atoms with Crippen molar-refractivity contribution in [3.63, 3.8) is 0 Å². The van der Waals surface area contributed by atoms with Crippen LogP contribution in [0.15, 0.2) is 39.8 Å². The number of carbonyl (C=O) groups excluding carboxylic acids is 1. The van der Waals surface area contributed by atoms with Crippen LogP contribution < -0.4 is 10.9 Å². The molecule has 0 saturated carbocycles. The molecule has 1 aromatic carbocycles. The summed E-state index contributed by atoms with van der Waals surface area (Å²) in [4.78, 5) is 28.6. The largest absolute Gasteiger partial charge is 0.443 e. The van der Waals surface area contributed by atoms with Crippen LogP contribution in [0.3, 0.4) is 0 Å². The second-order valence-corrected chi connectivity index (χ2v) is 6.08. The summed E-state index contributed by atoms with van der Waals surface area (Å²) in [6.07, 6.45) is -3.31. The lowest BCUT2D eigenvalue weighted by molar-refractivity contribution is -0.137. The molecule has 0 radical (unpaired) electrons. The number of nitrogens with one attached hydrogen (secondary N) is 1. The maximum absolute atomic E-state index is 12.7. The third kappa shape index (κ3) is 3.86. The summed E-state index contributed by atoms with van der Waals surface area (Å²) in [5.74, 6) is 0.0797. The summed E-state index contributed by atoms with van der Waals surface area (Å²) in [6.45, 7) is 3.51. The van der Waals surface area contributed by atoms with Gasteiger partial charge in [-0.05, 0) is 32.0 Å². The van der Waals surface area contributed by atoms with E-state index in [1.54, 1.807) is 13.8 Å². The molecule has 0 bridgehead atoms. The first-order chi connectivity index (χ1) is 12.7. The third-order valence-corrected chi connectivity index (χ3v) is 4.21. The highest BCUT2D eigenvalue weighted by Crippen LogP contribution is 2.30. The van der Waals surface area contributed by atoms with E-state index in [-0.39, 0.29) is 29.9 Å². The van der Waals surface area contributed by atoms with Crippen LogP contribution in [-0.2, 0) is 17.5 Å². The number of aryl methyl sites for hydroxylation is 3. The second-order valence-electron chi connectivity index (χ2n) is 6.08. The average molecular weight is 379 g/mol. The van der Waals surface area contributed by atoms with Gasteiger partial charge in [0, 0.05) is 24.2 Å². The summed E-state index contributed by atoms with van der Waals surface area (Å²) in [7, 11) is 0. The number of aromatic nitrogens is 2. The highest BCUT2D eigenvalue weighted by molar-refractivity contribution is 5.90. The molecular weight excluding hydrogens is 363 g/mol. The van der Waals surface area contributed by atoms with Crippen molar-refractivity contribution in [2.24, 2.45) is 0 Å².